The molecule has 0 aromatic heterocycles. The highest BCUT2D eigenvalue weighted by atomic mass is 16.5. The van der Waals surface area contributed by atoms with Crippen LogP contribution in [0.3, 0.4) is 0 Å². The minimum atomic E-state index is 0.520. The highest BCUT2D eigenvalue weighted by Gasteiger charge is 2.41. The summed E-state index contributed by atoms with van der Waals surface area (Å²) < 4.78 is 5.58. The van der Waals surface area contributed by atoms with E-state index in [-0.39, 0.29) is 0 Å². The van der Waals surface area contributed by atoms with Gasteiger partial charge in [-0.3, -0.25) is 0 Å². The van der Waals surface area contributed by atoms with Gasteiger partial charge in [0.05, 0.1) is 6.61 Å². The molecule has 2 heterocycles. The van der Waals surface area contributed by atoms with Gasteiger partial charge in [-0.2, -0.15) is 0 Å². The maximum atomic E-state index is 5.58. The Kier molecular flexibility index (Phi) is 2.13. The average molecular weight is 169 g/mol. The van der Waals surface area contributed by atoms with E-state index in [9.17, 15) is 0 Å². The van der Waals surface area contributed by atoms with Crippen molar-refractivity contribution in [2.45, 2.75) is 32.2 Å². The summed E-state index contributed by atoms with van der Waals surface area (Å²) in [7, 11) is 2.23. The Morgan fingerprint density at radius 2 is 2.33 bits per heavy atom. The Labute approximate surface area is 74.9 Å². The molecule has 2 atom stereocenters. The average Bonchev–Trinajstić information content (AvgIpc) is 2.29. The molecule has 2 saturated heterocycles. The van der Waals surface area contributed by atoms with E-state index in [2.05, 4.69) is 18.9 Å². The van der Waals surface area contributed by atoms with Gasteiger partial charge < -0.3 is 9.64 Å². The molecule has 0 N–H and O–H groups in total. The standard InChI is InChI=1S/C10H19NO/c1-9-6-10(7-11(9)2)4-3-5-12-8-10/h9H,3-8H2,1-2H3/t9?,10-/m1/s1. The van der Waals surface area contributed by atoms with Gasteiger partial charge in [0.15, 0.2) is 0 Å². The zero-order valence-corrected chi connectivity index (χ0v) is 8.18. The number of ether oxygens (including phenoxy) is 1. The van der Waals surface area contributed by atoms with Crippen LogP contribution in [-0.4, -0.2) is 37.7 Å². The van der Waals surface area contributed by atoms with E-state index < -0.39 is 0 Å². The van der Waals surface area contributed by atoms with Crippen LogP contribution >= 0.6 is 0 Å². The molecule has 1 spiro atoms. The summed E-state index contributed by atoms with van der Waals surface area (Å²) in [6.45, 7) is 5.55. The van der Waals surface area contributed by atoms with Gasteiger partial charge in [-0.1, -0.05) is 0 Å². The minimum absolute atomic E-state index is 0.520. The summed E-state index contributed by atoms with van der Waals surface area (Å²) in [6.07, 6.45) is 3.98. The van der Waals surface area contributed by atoms with Crippen LogP contribution in [0, 0.1) is 5.41 Å². The van der Waals surface area contributed by atoms with E-state index in [0.29, 0.717) is 5.41 Å². The third-order valence-corrected chi connectivity index (χ3v) is 3.47. The van der Waals surface area contributed by atoms with Gasteiger partial charge in [-0.15, -0.1) is 0 Å². The van der Waals surface area contributed by atoms with Gasteiger partial charge in [0, 0.05) is 24.6 Å². The second-order valence-electron chi connectivity index (χ2n) is 4.62. The van der Waals surface area contributed by atoms with Crippen molar-refractivity contribution in [1.29, 1.82) is 0 Å². The van der Waals surface area contributed by atoms with Crippen molar-refractivity contribution >= 4 is 0 Å². The first kappa shape index (κ1) is 8.52. The zero-order valence-electron chi connectivity index (χ0n) is 8.18. The number of rotatable bonds is 0. The lowest BCUT2D eigenvalue weighted by atomic mass is 9.81. The molecule has 70 valence electrons. The summed E-state index contributed by atoms with van der Waals surface area (Å²) in [5.74, 6) is 0. The van der Waals surface area contributed by atoms with Crippen LogP contribution in [0.5, 0.6) is 0 Å². The molecular weight excluding hydrogens is 150 g/mol. The van der Waals surface area contributed by atoms with Crippen molar-refractivity contribution in [3.8, 4) is 0 Å². The van der Waals surface area contributed by atoms with E-state index >= 15 is 0 Å². The largest absolute Gasteiger partial charge is 0.381 e. The minimum Gasteiger partial charge on any atom is -0.381 e. The molecule has 2 aliphatic heterocycles. The Hall–Kier alpha value is -0.0800. The van der Waals surface area contributed by atoms with Gasteiger partial charge in [0.25, 0.3) is 0 Å². The molecule has 0 bridgehead atoms. The van der Waals surface area contributed by atoms with Gasteiger partial charge in [-0.25, -0.2) is 0 Å². The van der Waals surface area contributed by atoms with Gasteiger partial charge in [-0.05, 0) is 33.2 Å². The van der Waals surface area contributed by atoms with Crippen LogP contribution in [0.2, 0.25) is 0 Å². The Morgan fingerprint density at radius 1 is 1.50 bits per heavy atom. The van der Waals surface area contributed by atoms with Crippen molar-refractivity contribution in [2.24, 2.45) is 5.41 Å². The lowest BCUT2D eigenvalue weighted by molar-refractivity contribution is -0.00124. The number of hydrogen-bond donors (Lipinski definition) is 0. The molecule has 0 radical (unpaired) electrons. The molecule has 12 heavy (non-hydrogen) atoms. The van der Waals surface area contributed by atoms with Crippen LogP contribution in [0.1, 0.15) is 26.2 Å². The van der Waals surface area contributed by atoms with E-state index in [1.54, 1.807) is 0 Å². The monoisotopic (exact) mass is 169 g/mol. The quantitative estimate of drug-likeness (QED) is 0.545. The summed E-state index contributed by atoms with van der Waals surface area (Å²) in [5.41, 5.74) is 0.520. The van der Waals surface area contributed by atoms with Gasteiger partial charge in [0.1, 0.15) is 0 Å². The molecule has 2 rings (SSSR count). The third kappa shape index (κ3) is 1.38. The Balaban J connectivity index is 2.02. The molecule has 2 nitrogen and oxygen atoms in total. The fourth-order valence-corrected chi connectivity index (χ4v) is 2.73. The first-order valence-electron chi connectivity index (χ1n) is 5.00. The number of nitrogens with zero attached hydrogens (tertiary/aromatic N) is 1. The van der Waals surface area contributed by atoms with Crippen LogP contribution < -0.4 is 0 Å². The molecule has 0 aromatic rings. The van der Waals surface area contributed by atoms with E-state index in [1.807, 2.05) is 0 Å². The second-order valence-corrected chi connectivity index (χ2v) is 4.62. The first-order chi connectivity index (χ1) is 5.72. The summed E-state index contributed by atoms with van der Waals surface area (Å²) in [5, 5.41) is 0. The number of hydrogen-bond acceptors (Lipinski definition) is 2. The summed E-state index contributed by atoms with van der Waals surface area (Å²) in [4.78, 5) is 2.47. The van der Waals surface area contributed by atoms with Gasteiger partial charge >= 0.3 is 0 Å². The highest BCUT2D eigenvalue weighted by molar-refractivity contribution is 4.94. The molecule has 0 aliphatic carbocycles. The van der Waals surface area contributed by atoms with Crippen molar-refractivity contribution < 1.29 is 4.74 Å². The predicted octanol–water partition coefficient (Wildman–Crippen LogP) is 1.51. The van der Waals surface area contributed by atoms with Crippen molar-refractivity contribution in [3.63, 3.8) is 0 Å². The van der Waals surface area contributed by atoms with Gasteiger partial charge in [0.2, 0.25) is 0 Å². The molecule has 2 aliphatic rings. The lowest BCUT2D eigenvalue weighted by Gasteiger charge is -2.32. The molecule has 0 aromatic carbocycles. The smallest absolute Gasteiger partial charge is 0.0535 e. The van der Waals surface area contributed by atoms with Crippen LogP contribution in [0.15, 0.2) is 0 Å². The Bertz CT molecular complexity index is 151. The van der Waals surface area contributed by atoms with Crippen molar-refractivity contribution in [1.82, 2.24) is 4.90 Å². The molecule has 0 amide bonds. The maximum absolute atomic E-state index is 5.58. The predicted molar refractivity (Wildman–Crippen MR) is 49.2 cm³/mol. The summed E-state index contributed by atoms with van der Waals surface area (Å²) >= 11 is 0. The van der Waals surface area contributed by atoms with Crippen molar-refractivity contribution in [2.75, 3.05) is 26.8 Å². The molecule has 2 fully saturated rings. The maximum Gasteiger partial charge on any atom is 0.0535 e. The second kappa shape index (κ2) is 3.00. The van der Waals surface area contributed by atoms with E-state index in [4.69, 9.17) is 4.74 Å². The SMILES string of the molecule is CC1C[C@]2(CCCOC2)CN1C. The molecule has 0 saturated carbocycles. The van der Waals surface area contributed by atoms with Crippen LogP contribution in [0.4, 0.5) is 0 Å². The summed E-state index contributed by atoms with van der Waals surface area (Å²) in [6, 6.07) is 0.756. The van der Waals surface area contributed by atoms with Crippen LogP contribution in [-0.2, 0) is 4.74 Å². The highest BCUT2D eigenvalue weighted by Crippen LogP contribution is 2.40. The molecule has 1 unspecified atom stereocenters. The van der Waals surface area contributed by atoms with Crippen molar-refractivity contribution in [3.05, 3.63) is 0 Å². The first-order valence-corrected chi connectivity index (χ1v) is 5.00. The lowest BCUT2D eigenvalue weighted by Crippen LogP contribution is -2.34. The molecular formula is C10H19NO. The fraction of sp³-hybridized carbons (Fsp3) is 1.00. The Morgan fingerprint density at radius 3 is 2.83 bits per heavy atom. The number of likely N-dealkylation sites (tertiary alicyclic amines) is 1. The zero-order chi connectivity index (χ0) is 8.60. The third-order valence-electron chi connectivity index (χ3n) is 3.47. The topological polar surface area (TPSA) is 12.5 Å². The fourth-order valence-electron chi connectivity index (χ4n) is 2.73. The molecule has 2 heteroatoms. The van der Waals surface area contributed by atoms with E-state index in [1.165, 1.54) is 25.8 Å². The van der Waals surface area contributed by atoms with Crippen LogP contribution in [0.25, 0.3) is 0 Å². The van der Waals surface area contributed by atoms with E-state index in [0.717, 1.165) is 19.3 Å². The normalized spacial score (nSPS) is 44.0.